The SMILES string of the molecule is CC(=O)c1ccc(CC(C)NC[C@H](O)c2ccccc2)s1. The van der Waals surface area contributed by atoms with Gasteiger partial charge >= 0.3 is 0 Å². The van der Waals surface area contributed by atoms with Crippen molar-refractivity contribution in [1.29, 1.82) is 0 Å². The number of rotatable bonds is 7. The van der Waals surface area contributed by atoms with Gasteiger partial charge in [-0.25, -0.2) is 0 Å². The molecule has 1 aromatic carbocycles. The maximum absolute atomic E-state index is 11.3. The summed E-state index contributed by atoms with van der Waals surface area (Å²) in [6, 6.07) is 13.8. The third-order valence-corrected chi connectivity index (χ3v) is 4.57. The van der Waals surface area contributed by atoms with Gasteiger partial charge in [-0.1, -0.05) is 30.3 Å². The highest BCUT2D eigenvalue weighted by molar-refractivity contribution is 7.14. The first-order chi connectivity index (χ1) is 10.1. The number of nitrogens with one attached hydrogen (secondary N) is 1. The predicted octanol–water partition coefficient (Wildman–Crippen LogP) is 3.20. The molecule has 4 heteroatoms. The number of aliphatic hydroxyl groups excluding tert-OH is 1. The summed E-state index contributed by atoms with van der Waals surface area (Å²) in [5, 5.41) is 13.4. The van der Waals surface area contributed by atoms with Crippen molar-refractivity contribution in [1.82, 2.24) is 5.32 Å². The van der Waals surface area contributed by atoms with E-state index in [4.69, 9.17) is 0 Å². The molecule has 0 aliphatic carbocycles. The van der Waals surface area contributed by atoms with E-state index in [1.54, 1.807) is 18.3 Å². The zero-order chi connectivity index (χ0) is 15.2. The van der Waals surface area contributed by atoms with E-state index in [-0.39, 0.29) is 11.8 Å². The Kier molecular flexibility index (Phi) is 5.67. The maximum Gasteiger partial charge on any atom is 0.169 e. The molecule has 0 saturated heterocycles. The topological polar surface area (TPSA) is 49.3 Å². The van der Waals surface area contributed by atoms with Gasteiger partial charge in [0.15, 0.2) is 5.78 Å². The predicted molar refractivity (Wildman–Crippen MR) is 86.9 cm³/mol. The Labute approximate surface area is 129 Å². The van der Waals surface area contributed by atoms with Crippen molar-refractivity contribution < 1.29 is 9.90 Å². The van der Waals surface area contributed by atoms with Crippen LogP contribution in [0.5, 0.6) is 0 Å². The normalized spacial score (nSPS) is 13.9. The smallest absolute Gasteiger partial charge is 0.169 e. The van der Waals surface area contributed by atoms with Crippen LogP contribution >= 0.6 is 11.3 Å². The summed E-state index contributed by atoms with van der Waals surface area (Å²) in [5.74, 6) is 0.117. The molecule has 112 valence electrons. The molecule has 2 N–H and O–H groups in total. The maximum atomic E-state index is 11.3. The van der Waals surface area contributed by atoms with Crippen molar-refractivity contribution >= 4 is 17.1 Å². The molecule has 0 bridgehead atoms. The molecule has 0 radical (unpaired) electrons. The monoisotopic (exact) mass is 303 g/mol. The van der Waals surface area contributed by atoms with E-state index in [9.17, 15) is 9.90 Å². The van der Waals surface area contributed by atoms with Crippen LogP contribution in [0.25, 0.3) is 0 Å². The summed E-state index contributed by atoms with van der Waals surface area (Å²) in [7, 11) is 0. The molecule has 2 atom stereocenters. The van der Waals surface area contributed by atoms with Crippen molar-refractivity contribution in [2.45, 2.75) is 32.4 Å². The first-order valence-corrected chi connectivity index (χ1v) is 7.94. The van der Waals surface area contributed by atoms with E-state index in [1.807, 2.05) is 42.5 Å². The molecule has 0 fully saturated rings. The minimum atomic E-state index is -0.496. The van der Waals surface area contributed by atoms with Crippen LogP contribution in [-0.4, -0.2) is 23.5 Å². The van der Waals surface area contributed by atoms with Gasteiger partial charge in [-0.15, -0.1) is 11.3 Å². The molecule has 21 heavy (non-hydrogen) atoms. The van der Waals surface area contributed by atoms with E-state index in [0.717, 1.165) is 16.9 Å². The van der Waals surface area contributed by atoms with E-state index in [2.05, 4.69) is 12.2 Å². The fourth-order valence-electron chi connectivity index (χ4n) is 2.16. The van der Waals surface area contributed by atoms with Crippen LogP contribution in [0.1, 0.15) is 40.1 Å². The fraction of sp³-hybridized carbons (Fsp3) is 0.353. The first-order valence-electron chi connectivity index (χ1n) is 7.12. The zero-order valence-corrected chi connectivity index (χ0v) is 13.2. The first kappa shape index (κ1) is 15.9. The summed E-state index contributed by atoms with van der Waals surface area (Å²) >= 11 is 1.55. The van der Waals surface area contributed by atoms with Gasteiger partial charge in [0, 0.05) is 17.5 Å². The van der Waals surface area contributed by atoms with E-state index >= 15 is 0 Å². The van der Waals surface area contributed by atoms with Crippen LogP contribution < -0.4 is 5.32 Å². The van der Waals surface area contributed by atoms with Gasteiger partial charge in [-0.2, -0.15) is 0 Å². The van der Waals surface area contributed by atoms with Crippen LogP contribution in [-0.2, 0) is 6.42 Å². The quantitative estimate of drug-likeness (QED) is 0.772. The minimum Gasteiger partial charge on any atom is -0.387 e. The van der Waals surface area contributed by atoms with Gasteiger partial charge in [0.2, 0.25) is 0 Å². The van der Waals surface area contributed by atoms with Crippen LogP contribution in [0.2, 0.25) is 0 Å². The number of hydrogen-bond acceptors (Lipinski definition) is 4. The number of Topliss-reactive ketones (excluding diaryl/α,β-unsaturated/α-hetero) is 1. The molecule has 3 nitrogen and oxygen atoms in total. The number of ketones is 1. The lowest BCUT2D eigenvalue weighted by atomic mass is 10.1. The number of carbonyl (C=O) groups excluding carboxylic acids is 1. The molecule has 1 heterocycles. The molecule has 0 aliphatic heterocycles. The summed E-state index contributed by atoms with van der Waals surface area (Å²) in [6.45, 7) is 4.20. The third-order valence-electron chi connectivity index (χ3n) is 3.36. The molecular formula is C17H21NO2S. The van der Waals surface area contributed by atoms with Gasteiger partial charge < -0.3 is 10.4 Å². The lowest BCUT2D eigenvalue weighted by Crippen LogP contribution is -2.31. The second kappa shape index (κ2) is 7.50. The second-order valence-corrected chi connectivity index (χ2v) is 6.43. The molecule has 1 unspecified atom stereocenters. The number of aliphatic hydroxyl groups is 1. The second-order valence-electron chi connectivity index (χ2n) is 5.26. The highest BCUT2D eigenvalue weighted by Gasteiger charge is 2.11. The number of hydrogen-bond donors (Lipinski definition) is 2. The summed E-state index contributed by atoms with van der Waals surface area (Å²) in [4.78, 5) is 13.3. The lowest BCUT2D eigenvalue weighted by molar-refractivity contribution is 0.102. The Balaban J connectivity index is 1.81. The summed E-state index contributed by atoms with van der Waals surface area (Å²) < 4.78 is 0. The van der Waals surface area contributed by atoms with E-state index in [0.29, 0.717) is 6.54 Å². The standard InChI is InChI=1S/C17H21NO2S/c1-12(10-15-8-9-17(21-15)13(2)19)18-11-16(20)14-6-4-3-5-7-14/h3-9,12,16,18,20H,10-11H2,1-2H3/t12?,16-/m0/s1. The van der Waals surface area contributed by atoms with Crippen LogP contribution in [0.4, 0.5) is 0 Å². The van der Waals surface area contributed by atoms with E-state index in [1.165, 1.54) is 4.88 Å². The lowest BCUT2D eigenvalue weighted by Gasteiger charge is -2.17. The molecule has 2 aromatic rings. The number of thiophene rings is 1. The van der Waals surface area contributed by atoms with E-state index < -0.39 is 6.10 Å². The Hall–Kier alpha value is -1.49. The summed E-state index contributed by atoms with van der Waals surface area (Å²) in [6.07, 6.45) is 0.365. The average molecular weight is 303 g/mol. The van der Waals surface area contributed by atoms with Crippen molar-refractivity contribution in [3.63, 3.8) is 0 Å². The Morgan fingerprint density at radius 2 is 1.95 bits per heavy atom. The van der Waals surface area contributed by atoms with Crippen LogP contribution in [0, 0.1) is 0 Å². The van der Waals surface area contributed by atoms with Gasteiger partial charge in [0.1, 0.15) is 0 Å². The molecule has 0 spiro atoms. The molecule has 0 saturated carbocycles. The highest BCUT2D eigenvalue weighted by Crippen LogP contribution is 2.19. The molecule has 1 aromatic heterocycles. The van der Waals surface area contributed by atoms with Crippen LogP contribution in [0.3, 0.4) is 0 Å². The summed E-state index contributed by atoms with van der Waals surface area (Å²) in [5.41, 5.74) is 0.923. The average Bonchev–Trinajstić information content (AvgIpc) is 2.94. The fourth-order valence-corrected chi connectivity index (χ4v) is 3.19. The van der Waals surface area contributed by atoms with Crippen LogP contribution in [0.15, 0.2) is 42.5 Å². The molecular weight excluding hydrogens is 282 g/mol. The Bertz CT molecular complexity index is 579. The highest BCUT2D eigenvalue weighted by atomic mass is 32.1. The molecule has 0 aliphatic rings. The van der Waals surface area contributed by atoms with Crippen molar-refractivity contribution in [2.75, 3.05) is 6.54 Å². The van der Waals surface area contributed by atoms with Gasteiger partial charge in [0.05, 0.1) is 11.0 Å². The van der Waals surface area contributed by atoms with Crippen molar-refractivity contribution in [3.05, 3.63) is 57.8 Å². The van der Waals surface area contributed by atoms with Crippen molar-refractivity contribution in [3.8, 4) is 0 Å². The largest absolute Gasteiger partial charge is 0.387 e. The zero-order valence-electron chi connectivity index (χ0n) is 12.4. The van der Waals surface area contributed by atoms with Gasteiger partial charge in [-0.3, -0.25) is 4.79 Å². The number of carbonyl (C=O) groups is 1. The minimum absolute atomic E-state index is 0.117. The third kappa shape index (κ3) is 4.77. The molecule has 2 rings (SSSR count). The Morgan fingerprint density at radius 1 is 1.24 bits per heavy atom. The van der Waals surface area contributed by atoms with Gasteiger partial charge in [-0.05, 0) is 38.0 Å². The Morgan fingerprint density at radius 3 is 2.57 bits per heavy atom. The molecule has 0 amide bonds. The number of benzene rings is 1. The van der Waals surface area contributed by atoms with Crippen molar-refractivity contribution in [2.24, 2.45) is 0 Å². The van der Waals surface area contributed by atoms with Gasteiger partial charge in [0.25, 0.3) is 0 Å².